The molecule has 0 bridgehead atoms. The summed E-state index contributed by atoms with van der Waals surface area (Å²) in [7, 11) is 0. The van der Waals surface area contributed by atoms with E-state index in [2.05, 4.69) is 15.5 Å². The molecule has 5 nitrogen and oxygen atoms in total. The normalized spacial score (nSPS) is 10.1. The largest absolute Gasteiger partial charge is 0.360 e. The van der Waals surface area contributed by atoms with Crippen molar-refractivity contribution in [1.82, 2.24) is 10.1 Å². The maximum Gasteiger partial charge on any atom is 0.261 e. The highest BCUT2D eigenvalue weighted by Gasteiger charge is 2.13. The van der Waals surface area contributed by atoms with Crippen LogP contribution in [0.2, 0.25) is 0 Å². The first kappa shape index (κ1) is 10.3. The lowest BCUT2D eigenvalue weighted by Gasteiger charge is -2.00. The van der Waals surface area contributed by atoms with Crippen molar-refractivity contribution >= 4 is 11.7 Å². The summed E-state index contributed by atoms with van der Waals surface area (Å²) in [5.41, 5.74) is -0.136. The van der Waals surface area contributed by atoms with Crippen molar-refractivity contribution < 1.29 is 13.7 Å². The summed E-state index contributed by atoms with van der Waals surface area (Å²) < 4.78 is 17.9. The molecule has 0 aromatic carbocycles. The van der Waals surface area contributed by atoms with E-state index in [9.17, 15) is 9.18 Å². The molecule has 1 amide bonds. The van der Waals surface area contributed by atoms with E-state index < -0.39 is 11.9 Å². The number of nitrogens with zero attached hydrogens (tertiary/aromatic N) is 2. The molecular formula is C10H8FN3O2. The first-order chi connectivity index (χ1) is 7.66. The number of aromatic nitrogens is 2. The van der Waals surface area contributed by atoms with Crippen molar-refractivity contribution in [3.8, 4) is 0 Å². The van der Waals surface area contributed by atoms with Crippen molar-refractivity contribution in [2.75, 3.05) is 5.32 Å². The highest BCUT2D eigenvalue weighted by atomic mass is 19.1. The fraction of sp³-hybridized carbons (Fsp3) is 0.100. The van der Waals surface area contributed by atoms with Gasteiger partial charge in [-0.2, -0.15) is 4.39 Å². The van der Waals surface area contributed by atoms with E-state index in [1.165, 1.54) is 24.4 Å². The van der Waals surface area contributed by atoms with E-state index in [-0.39, 0.29) is 11.4 Å². The van der Waals surface area contributed by atoms with Crippen LogP contribution in [-0.4, -0.2) is 16.0 Å². The van der Waals surface area contributed by atoms with Gasteiger partial charge in [0, 0.05) is 12.3 Å². The maximum absolute atomic E-state index is 13.1. The van der Waals surface area contributed by atoms with Crippen LogP contribution in [0.25, 0.3) is 0 Å². The van der Waals surface area contributed by atoms with E-state index in [1.54, 1.807) is 6.92 Å². The van der Waals surface area contributed by atoms with Gasteiger partial charge in [0.15, 0.2) is 5.82 Å². The standard InChI is InChI=1S/C10H8FN3O2/c1-6-5-8(14-16-6)13-10(15)7-3-2-4-12-9(7)11/h2-5H,1H3,(H,13,14,15). The number of pyridine rings is 1. The Morgan fingerprint density at radius 1 is 1.56 bits per heavy atom. The number of hydrogen-bond acceptors (Lipinski definition) is 4. The molecule has 6 heteroatoms. The maximum atomic E-state index is 13.1. The number of carbonyl (C=O) groups excluding carboxylic acids is 1. The topological polar surface area (TPSA) is 68.0 Å². The summed E-state index contributed by atoms with van der Waals surface area (Å²) in [6.45, 7) is 1.69. The van der Waals surface area contributed by atoms with Gasteiger partial charge in [-0.3, -0.25) is 4.79 Å². The number of halogens is 1. The molecule has 16 heavy (non-hydrogen) atoms. The second kappa shape index (κ2) is 4.09. The summed E-state index contributed by atoms with van der Waals surface area (Å²) in [4.78, 5) is 14.9. The summed E-state index contributed by atoms with van der Waals surface area (Å²) in [6.07, 6.45) is 1.27. The van der Waals surface area contributed by atoms with Gasteiger partial charge in [0.2, 0.25) is 5.95 Å². The molecule has 82 valence electrons. The molecule has 2 heterocycles. The van der Waals surface area contributed by atoms with Crippen LogP contribution in [0.5, 0.6) is 0 Å². The van der Waals surface area contributed by atoms with Crippen LogP contribution in [0.4, 0.5) is 10.2 Å². The zero-order valence-corrected chi connectivity index (χ0v) is 8.40. The zero-order valence-electron chi connectivity index (χ0n) is 8.40. The molecule has 0 fully saturated rings. The Balaban J connectivity index is 2.18. The molecule has 0 saturated carbocycles. The highest BCUT2D eigenvalue weighted by Crippen LogP contribution is 2.10. The number of amides is 1. The molecule has 0 spiro atoms. The van der Waals surface area contributed by atoms with Gasteiger partial charge in [-0.1, -0.05) is 5.16 Å². The van der Waals surface area contributed by atoms with E-state index in [0.29, 0.717) is 5.76 Å². The second-order valence-corrected chi connectivity index (χ2v) is 3.12. The fourth-order valence-corrected chi connectivity index (χ4v) is 1.16. The number of nitrogens with one attached hydrogen (secondary N) is 1. The lowest BCUT2D eigenvalue weighted by molar-refractivity contribution is 0.102. The van der Waals surface area contributed by atoms with Crippen LogP contribution in [0.1, 0.15) is 16.1 Å². The van der Waals surface area contributed by atoms with Crippen LogP contribution in [-0.2, 0) is 0 Å². The molecule has 0 unspecified atom stereocenters. The second-order valence-electron chi connectivity index (χ2n) is 3.12. The van der Waals surface area contributed by atoms with Crippen LogP contribution < -0.4 is 5.32 Å². The molecular weight excluding hydrogens is 213 g/mol. The van der Waals surface area contributed by atoms with E-state index >= 15 is 0 Å². The van der Waals surface area contributed by atoms with Crippen LogP contribution in [0.3, 0.4) is 0 Å². The van der Waals surface area contributed by atoms with Crippen molar-refractivity contribution in [3.05, 3.63) is 41.7 Å². The first-order valence-electron chi connectivity index (χ1n) is 4.52. The highest BCUT2D eigenvalue weighted by molar-refractivity contribution is 6.03. The van der Waals surface area contributed by atoms with Gasteiger partial charge in [0.05, 0.1) is 5.56 Å². The van der Waals surface area contributed by atoms with Gasteiger partial charge in [0.25, 0.3) is 5.91 Å². The smallest absolute Gasteiger partial charge is 0.261 e. The molecule has 1 N–H and O–H groups in total. The molecule has 0 aliphatic rings. The lowest BCUT2D eigenvalue weighted by Crippen LogP contribution is -2.14. The summed E-state index contributed by atoms with van der Waals surface area (Å²) in [5, 5.41) is 5.96. The van der Waals surface area contributed by atoms with Crippen molar-refractivity contribution in [2.45, 2.75) is 6.92 Å². The number of aryl methyl sites for hydroxylation is 1. The van der Waals surface area contributed by atoms with E-state index in [0.717, 1.165) is 0 Å². The minimum absolute atomic E-state index is 0.136. The zero-order chi connectivity index (χ0) is 11.5. The Labute approximate surface area is 90.3 Å². The third-order valence-corrected chi connectivity index (χ3v) is 1.87. The summed E-state index contributed by atoms with van der Waals surface area (Å²) >= 11 is 0. The quantitative estimate of drug-likeness (QED) is 0.784. The SMILES string of the molecule is Cc1cc(NC(=O)c2cccnc2F)no1. The minimum atomic E-state index is -0.819. The summed E-state index contributed by atoms with van der Waals surface area (Å²) in [6, 6.07) is 4.35. The Morgan fingerprint density at radius 2 is 2.38 bits per heavy atom. The van der Waals surface area contributed by atoms with E-state index in [4.69, 9.17) is 4.52 Å². The van der Waals surface area contributed by atoms with Gasteiger partial charge in [0.1, 0.15) is 5.76 Å². The average molecular weight is 221 g/mol. The Kier molecular flexibility index (Phi) is 2.63. The molecule has 0 aliphatic heterocycles. The van der Waals surface area contributed by atoms with Crippen molar-refractivity contribution in [2.24, 2.45) is 0 Å². The van der Waals surface area contributed by atoms with Crippen LogP contribution >= 0.6 is 0 Å². The molecule has 2 aromatic heterocycles. The molecule has 2 aromatic rings. The van der Waals surface area contributed by atoms with E-state index in [1.807, 2.05) is 0 Å². The van der Waals surface area contributed by atoms with Crippen molar-refractivity contribution in [1.29, 1.82) is 0 Å². The first-order valence-corrected chi connectivity index (χ1v) is 4.52. The predicted octanol–water partition coefficient (Wildman–Crippen LogP) is 1.77. The number of rotatable bonds is 2. The van der Waals surface area contributed by atoms with Gasteiger partial charge < -0.3 is 9.84 Å². The third-order valence-electron chi connectivity index (χ3n) is 1.87. The lowest BCUT2D eigenvalue weighted by atomic mass is 10.2. The fourth-order valence-electron chi connectivity index (χ4n) is 1.16. The Bertz CT molecular complexity index is 524. The number of anilines is 1. The van der Waals surface area contributed by atoms with Crippen LogP contribution in [0.15, 0.2) is 28.9 Å². The number of carbonyl (C=O) groups is 1. The molecule has 0 radical (unpaired) electrons. The van der Waals surface area contributed by atoms with Gasteiger partial charge in [-0.05, 0) is 19.1 Å². The van der Waals surface area contributed by atoms with Gasteiger partial charge >= 0.3 is 0 Å². The van der Waals surface area contributed by atoms with Crippen molar-refractivity contribution in [3.63, 3.8) is 0 Å². The van der Waals surface area contributed by atoms with Gasteiger partial charge in [-0.25, -0.2) is 4.98 Å². The average Bonchev–Trinajstić information content (AvgIpc) is 2.64. The summed E-state index contributed by atoms with van der Waals surface area (Å²) in [5.74, 6) is -0.633. The predicted molar refractivity (Wildman–Crippen MR) is 53.4 cm³/mol. The molecule has 0 aliphatic carbocycles. The Morgan fingerprint density at radius 3 is 3.00 bits per heavy atom. The molecule has 0 saturated heterocycles. The van der Waals surface area contributed by atoms with Gasteiger partial charge in [-0.15, -0.1) is 0 Å². The third kappa shape index (κ3) is 2.05. The Hall–Kier alpha value is -2.24. The molecule has 0 atom stereocenters. The monoisotopic (exact) mass is 221 g/mol. The number of hydrogen-bond donors (Lipinski definition) is 1. The minimum Gasteiger partial charge on any atom is -0.360 e. The van der Waals surface area contributed by atoms with Crippen LogP contribution in [0, 0.1) is 12.9 Å². The molecule has 2 rings (SSSR count).